The first kappa shape index (κ1) is 16.4. The van der Waals surface area contributed by atoms with E-state index in [0.29, 0.717) is 6.04 Å². The molecule has 2 rings (SSSR count). The topological polar surface area (TPSA) is 29.3 Å². The molecule has 0 spiro atoms. The lowest BCUT2D eigenvalue weighted by Gasteiger charge is -2.36. The van der Waals surface area contributed by atoms with Crippen molar-refractivity contribution in [3.63, 3.8) is 0 Å². The van der Waals surface area contributed by atoms with Gasteiger partial charge in [-0.1, -0.05) is 32.8 Å². The zero-order chi connectivity index (χ0) is 15.4. The van der Waals surface area contributed by atoms with Crippen molar-refractivity contribution in [1.29, 1.82) is 0 Å². The molecule has 0 amide bonds. The van der Waals surface area contributed by atoms with Gasteiger partial charge >= 0.3 is 0 Å². The van der Waals surface area contributed by atoms with E-state index in [1.165, 1.54) is 42.5 Å². The molecular weight excluding hydrogens is 256 g/mol. The van der Waals surface area contributed by atoms with Gasteiger partial charge in [0.2, 0.25) is 0 Å². The third-order valence-corrected chi connectivity index (χ3v) is 5.20. The minimum atomic E-state index is 0.284. The minimum Gasteiger partial charge on any atom is -0.372 e. The van der Waals surface area contributed by atoms with E-state index in [1.54, 1.807) is 0 Å². The maximum absolute atomic E-state index is 6.09. The number of nitrogens with zero attached hydrogens (tertiary/aromatic N) is 1. The fourth-order valence-corrected chi connectivity index (χ4v) is 3.52. The first-order valence-electron chi connectivity index (χ1n) is 8.59. The second-order valence-corrected chi connectivity index (χ2v) is 7.02. The number of aryl methyl sites for hydroxylation is 1. The van der Waals surface area contributed by atoms with Gasteiger partial charge in [0, 0.05) is 24.8 Å². The van der Waals surface area contributed by atoms with E-state index in [1.807, 2.05) is 0 Å². The number of rotatable bonds is 5. The lowest BCUT2D eigenvalue weighted by molar-refractivity contribution is 0.336. The quantitative estimate of drug-likeness (QED) is 0.875. The zero-order valence-electron chi connectivity index (χ0n) is 14.2. The number of hydrogen-bond acceptors (Lipinski definition) is 2. The molecule has 1 aliphatic carbocycles. The Labute approximate surface area is 130 Å². The van der Waals surface area contributed by atoms with Crippen LogP contribution in [-0.2, 0) is 6.42 Å². The van der Waals surface area contributed by atoms with Crippen LogP contribution >= 0.6 is 0 Å². The largest absolute Gasteiger partial charge is 0.372 e. The molecule has 3 atom stereocenters. The molecule has 2 heteroatoms. The summed E-state index contributed by atoms with van der Waals surface area (Å²) in [6, 6.07) is 7.90. The average Bonchev–Trinajstić information content (AvgIpc) is 2.48. The minimum absolute atomic E-state index is 0.284. The van der Waals surface area contributed by atoms with Crippen molar-refractivity contribution in [2.24, 2.45) is 11.7 Å². The van der Waals surface area contributed by atoms with E-state index in [9.17, 15) is 0 Å². The van der Waals surface area contributed by atoms with E-state index in [2.05, 4.69) is 50.9 Å². The molecule has 1 aliphatic rings. The first-order valence-corrected chi connectivity index (χ1v) is 8.59. The second kappa shape index (κ2) is 7.31. The molecule has 0 aromatic heterocycles. The molecule has 0 radical (unpaired) electrons. The Hall–Kier alpha value is -1.02. The van der Waals surface area contributed by atoms with Gasteiger partial charge in [-0.3, -0.25) is 0 Å². The van der Waals surface area contributed by atoms with Crippen LogP contribution < -0.4 is 10.6 Å². The lowest BCUT2D eigenvalue weighted by atomic mass is 9.86. The molecule has 21 heavy (non-hydrogen) atoms. The van der Waals surface area contributed by atoms with Crippen LogP contribution in [-0.4, -0.2) is 19.1 Å². The average molecular weight is 288 g/mol. The van der Waals surface area contributed by atoms with Crippen molar-refractivity contribution in [3.05, 3.63) is 29.3 Å². The second-order valence-electron chi connectivity index (χ2n) is 7.02. The molecule has 1 aromatic carbocycles. The Bertz CT molecular complexity index is 455. The fourth-order valence-electron chi connectivity index (χ4n) is 3.52. The summed E-state index contributed by atoms with van der Waals surface area (Å²) in [5.41, 5.74) is 10.2. The zero-order valence-corrected chi connectivity index (χ0v) is 14.2. The van der Waals surface area contributed by atoms with Crippen LogP contribution in [0.4, 0.5) is 5.69 Å². The van der Waals surface area contributed by atoms with E-state index in [0.717, 1.165) is 18.8 Å². The predicted octanol–water partition coefficient (Wildman–Crippen LogP) is 4.29. The molecular formula is C19H32N2. The Morgan fingerprint density at radius 2 is 2.10 bits per heavy atom. The van der Waals surface area contributed by atoms with Crippen molar-refractivity contribution in [1.82, 2.24) is 0 Å². The summed E-state index contributed by atoms with van der Waals surface area (Å²) < 4.78 is 0. The standard InChI is InChI=1S/C19H32N2/c1-5-17(20)13-16-9-10-19(12-15(16)3)21(4)18-8-6-7-14(2)11-18/h9-10,12,14,17-18H,5-8,11,13,20H2,1-4H3. The van der Waals surface area contributed by atoms with Crippen LogP contribution in [0.1, 0.15) is 57.1 Å². The third-order valence-electron chi connectivity index (χ3n) is 5.20. The van der Waals surface area contributed by atoms with Crippen molar-refractivity contribution in [3.8, 4) is 0 Å². The van der Waals surface area contributed by atoms with E-state index in [-0.39, 0.29) is 6.04 Å². The Morgan fingerprint density at radius 3 is 2.71 bits per heavy atom. The monoisotopic (exact) mass is 288 g/mol. The molecule has 118 valence electrons. The Kier molecular flexibility index (Phi) is 5.69. The van der Waals surface area contributed by atoms with Crippen LogP contribution in [0.25, 0.3) is 0 Å². The van der Waals surface area contributed by atoms with Crippen molar-refractivity contribution in [2.45, 2.75) is 71.4 Å². The van der Waals surface area contributed by atoms with Gasteiger partial charge < -0.3 is 10.6 Å². The molecule has 0 heterocycles. The molecule has 1 fully saturated rings. The summed E-state index contributed by atoms with van der Waals surface area (Å²) >= 11 is 0. The molecule has 0 bridgehead atoms. The first-order chi connectivity index (χ1) is 10.0. The highest BCUT2D eigenvalue weighted by Gasteiger charge is 2.22. The summed E-state index contributed by atoms with van der Waals surface area (Å²) in [6.07, 6.45) is 7.48. The van der Waals surface area contributed by atoms with Gasteiger partial charge in [0.25, 0.3) is 0 Å². The van der Waals surface area contributed by atoms with Crippen LogP contribution in [0, 0.1) is 12.8 Å². The highest BCUT2D eigenvalue weighted by atomic mass is 15.1. The predicted molar refractivity (Wildman–Crippen MR) is 93.0 cm³/mol. The number of anilines is 1. The SMILES string of the molecule is CCC(N)Cc1ccc(N(C)C2CCCC(C)C2)cc1C. The number of hydrogen-bond donors (Lipinski definition) is 1. The molecule has 1 aromatic rings. The lowest BCUT2D eigenvalue weighted by Crippen LogP contribution is -2.35. The summed E-state index contributed by atoms with van der Waals surface area (Å²) in [7, 11) is 2.26. The molecule has 0 aliphatic heterocycles. The van der Waals surface area contributed by atoms with Crippen molar-refractivity contribution < 1.29 is 0 Å². The maximum atomic E-state index is 6.09. The summed E-state index contributed by atoms with van der Waals surface area (Å²) in [6.45, 7) is 6.77. The van der Waals surface area contributed by atoms with Crippen molar-refractivity contribution in [2.75, 3.05) is 11.9 Å². The highest BCUT2D eigenvalue weighted by Crippen LogP contribution is 2.30. The third kappa shape index (κ3) is 4.23. The fraction of sp³-hybridized carbons (Fsp3) is 0.684. The van der Waals surface area contributed by atoms with Gasteiger partial charge in [-0.15, -0.1) is 0 Å². The van der Waals surface area contributed by atoms with Crippen LogP contribution in [0.3, 0.4) is 0 Å². The summed E-state index contributed by atoms with van der Waals surface area (Å²) in [4.78, 5) is 2.49. The molecule has 0 saturated heterocycles. The van der Waals surface area contributed by atoms with Crippen LogP contribution in [0.2, 0.25) is 0 Å². The Morgan fingerprint density at radius 1 is 1.33 bits per heavy atom. The molecule has 2 N–H and O–H groups in total. The number of nitrogens with two attached hydrogens (primary N) is 1. The van der Waals surface area contributed by atoms with Gasteiger partial charge in [-0.2, -0.15) is 0 Å². The van der Waals surface area contributed by atoms with Gasteiger partial charge in [0.15, 0.2) is 0 Å². The summed E-state index contributed by atoms with van der Waals surface area (Å²) in [5.74, 6) is 0.870. The van der Waals surface area contributed by atoms with Gasteiger partial charge in [0.1, 0.15) is 0 Å². The van der Waals surface area contributed by atoms with Gasteiger partial charge in [0.05, 0.1) is 0 Å². The van der Waals surface area contributed by atoms with Crippen molar-refractivity contribution >= 4 is 5.69 Å². The maximum Gasteiger partial charge on any atom is 0.0368 e. The number of benzene rings is 1. The Balaban J connectivity index is 2.08. The van der Waals surface area contributed by atoms with Gasteiger partial charge in [-0.25, -0.2) is 0 Å². The normalized spacial score (nSPS) is 23.9. The smallest absolute Gasteiger partial charge is 0.0368 e. The van der Waals surface area contributed by atoms with E-state index >= 15 is 0 Å². The van der Waals surface area contributed by atoms with Crippen LogP contribution in [0.5, 0.6) is 0 Å². The molecule has 3 unspecified atom stereocenters. The van der Waals surface area contributed by atoms with E-state index < -0.39 is 0 Å². The highest BCUT2D eigenvalue weighted by molar-refractivity contribution is 5.51. The van der Waals surface area contributed by atoms with E-state index in [4.69, 9.17) is 5.73 Å². The molecule has 1 saturated carbocycles. The van der Waals surface area contributed by atoms with Crippen LogP contribution in [0.15, 0.2) is 18.2 Å². The molecule has 2 nitrogen and oxygen atoms in total. The van der Waals surface area contributed by atoms with Gasteiger partial charge in [-0.05, 0) is 61.8 Å². The summed E-state index contributed by atoms with van der Waals surface area (Å²) in [5, 5.41) is 0.